The largest absolute Gasteiger partial charge is 0.457 e. The monoisotopic (exact) mass is 534 g/mol. The van der Waals surface area contributed by atoms with Crippen molar-refractivity contribution >= 4 is 21.8 Å². The fraction of sp³-hybridized carbons (Fsp3) is 0.111. The van der Waals surface area contributed by atoms with Gasteiger partial charge in [0.15, 0.2) is 0 Å². The van der Waals surface area contributed by atoms with Crippen molar-refractivity contribution in [3.05, 3.63) is 132 Å². The van der Waals surface area contributed by atoms with Gasteiger partial charge in [-0.15, -0.1) is 0 Å². The maximum atomic E-state index is 6.43. The number of pyridine rings is 1. The van der Waals surface area contributed by atoms with E-state index in [9.17, 15) is 0 Å². The minimum Gasteiger partial charge on any atom is -0.457 e. The van der Waals surface area contributed by atoms with Crippen molar-refractivity contribution in [1.82, 2.24) is 19.3 Å². The fourth-order valence-corrected chi connectivity index (χ4v) is 5.96. The van der Waals surface area contributed by atoms with Gasteiger partial charge in [0.25, 0.3) is 0 Å². The van der Waals surface area contributed by atoms with Gasteiger partial charge in [0.05, 0.1) is 22.9 Å². The molecule has 200 valence electrons. The van der Waals surface area contributed by atoms with E-state index in [2.05, 4.69) is 98.2 Å². The van der Waals surface area contributed by atoms with E-state index in [4.69, 9.17) is 9.72 Å². The molecule has 0 atom stereocenters. The van der Waals surface area contributed by atoms with E-state index in [1.165, 1.54) is 33.2 Å². The Morgan fingerprint density at radius 1 is 0.659 bits per heavy atom. The summed E-state index contributed by atoms with van der Waals surface area (Å²) in [6.07, 6.45) is 5.88. The highest BCUT2D eigenvalue weighted by Crippen LogP contribution is 2.35. The second-order valence-corrected chi connectivity index (χ2v) is 10.8. The van der Waals surface area contributed by atoms with Gasteiger partial charge in [-0.05, 0) is 92.4 Å². The number of hydrogen-bond donors (Lipinski definition) is 0. The molecule has 4 aromatic carbocycles. The molecule has 7 rings (SSSR count). The summed E-state index contributed by atoms with van der Waals surface area (Å²) in [6, 6.07) is 31.3. The first kappa shape index (κ1) is 24.9. The van der Waals surface area contributed by atoms with E-state index in [0.717, 1.165) is 45.0 Å². The molecule has 0 aliphatic heterocycles. The molecule has 0 spiro atoms. The number of rotatable bonds is 5. The lowest BCUT2D eigenvalue weighted by Crippen LogP contribution is -1.97. The van der Waals surface area contributed by atoms with Crippen LogP contribution in [0.1, 0.15) is 22.3 Å². The zero-order valence-electron chi connectivity index (χ0n) is 23.6. The van der Waals surface area contributed by atoms with Crippen LogP contribution in [0.4, 0.5) is 0 Å². The molecule has 5 nitrogen and oxygen atoms in total. The van der Waals surface area contributed by atoms with E-state index in [0.29, 0.717) is 0 Å². The molecule has 3 aromatic heterocycles. The average molecular weight is 535 g/mol. The molecule has 0 bridgehead atoms. The number of para-hydroxylation sites is 1. The molecular weight excluding hydrogens is 504 g/mol. The van der Waals surface area contributed by atoms with E-state index in [1.54, 1.807) is 0 Å². The summed E-state index contributed by atoms with van der Waals surface area (Å²) in [5.41, 5.74) is 10.4. The van der Waals surface area contributed by atoms with Crippen LogP contribution in [0, 0.1) is 27.7 Å². The molecule has 0 N–H and O–H groups in total. The summed E-state index contributed by atoms with van der Waals surface area (Å²) >= 11 is 0. The van der Waals surface area contributed by atoms with Gasteiger partial charge >= 0.3 is 0 Å². The van der Waals surface area contributed by atoms with E-state index >= 15 is 0 Å². The Hall–Kier alpha value is -5.16. The summed E-state index contributed by atoms with van der Waals surface area (Å²) < 4.78 is 10.5. The van der Waals surface area contributed by atoms with Gasteiger partial charge < -0.3 is 4.74 Å². The van der Waals surface area contributed by atoms with Crippen molar-refractivity contribution in [3.63, 3.8) is 0 Å². The van der Waals surface area contributed by atoms with Gasteiger partial charge in [-0.1, -0.05) is 42.0 Å². The van der Waals surface area contributed by atoms with Gasteiger partial charge in [-0.2, -0.15) is 5.10 Å². The molecule has 0 saturated carbocycles. The normalized spacial score (nSPS) is 11.4. The zero-order valence-corrected chi connectivity index (χ0v) is 23.6. The molecular formula is C36H30N4O. The molecule has 7 aromatic rings. The SMILES string of the molecule is Cc1ccnc(-n2c3ccccc3c3ccc(Oc4cccc(-n5cc(-c6c(C)cc(C)cc6C)cn5)c4)cc32)c1. The molecule has 0 aliphatic carbocycles. The van der Waals surface area contributed by atoms with Gasteiger partial charge in [-0.3, -0.25) is 4.57 Å². The van der Waals surface area contributed by atoms with Crippen molar-refractivity contribution in [1.29, 1.82) is 0 Å². The Balaban J connectivity index is 1.25. The van der Waals surface area contributed by atoms with Crippen LogP contribution in [0.3, 0.4) is 0 Å². The molecule has 5 heteroatoms. The number of ether oxygens (including phenoxy) is 1. The van der Waals surface area contributed by atoms with Crippen LogP contribution in [-0.2, 0) is 0 Å². The van der Waals surface area contributed by atoms with Gasteiger partial charge in [-0.25, -0.2) is 9.67 Å². The van der Waals surface area contributed by atoms with E-state index < -0.39 is 0 Å². The highest BCUT2D eigenvalue weighted by molar-refractivity contribution is 6.09. The third-order valence-electron chi connectivity index (χ3n) is 7.64. The van der Waals surface area contributed by atoms with Crippen LogP contribution in [0.5, 0.6) is 11.5 Å². The minimum atomic E-state index is 0.748. The van der Waals surface area contributed by atoms with Gasteiger partial charge in [0, 0.05) is 40.9 Å². The predicted octanol–water partition coefficient (Wildman–Crippen LogP) is 9.06. The van der Waals surface area contributed by atoms with Crippen LogP contribution in [0.15, 0.2) is 110 Å². The van der Waals surface area contributed by atoms with Crippen molar-refractivity contribution < 1.29 is 4.74 Å². The number of aryl methyl sites for hydroxylation is 4. The Morgan fingerprint density at radius 3 is 2.27 bits per heavy atom. The Morgan fingerprint density at radius 2 is 1.44 bits per heavy atom. The lowest BCUT2D eigenvalue weighted by atomic mass is 9.96. The summed E-state index contributed by atoms with van der Waals surface area (Å²) in [6.45, 7) is 8.54. The number of benzene rings is 4. The highest BCUT2D eigenvalue weighted by atomic mass is 16.5. The Bertz CT molecular complexity index is 2060. The molecule has 0 radical (unpaired) electrons. The lowest BCUT2D eigenvalue weighted by Gasteiger charge is -2.11. The van der Waals surface area contributed by atoms with Crippen molar-refractivity contribution in [2.45, 2.75) is 27.7 Å². The minimum absolute atomic E-state index is 0.748. The van der Waals surface area contributed by atoms with Crippen LogP contribution < -0.4 is 4.74 Å². The standard InChI is InChI=1S/C36H30N4O/c1-23-14-15-37-35(18-23)40-33-11-6-5-10-31(33)32-13-12-30(20-34(32)40)41-29-9-7-8-28(19-29)39-22-27(21-38-39)36-25(3)16-24(2)17-26(36)4/h5-22H,1-4H3. The van der Waals surface area contributed by atoms with Crippen LogP contribution in [-0.4, -0.2) is 19.3 Å². The van der Waals surface area contributed by atoms with E-state index in [-0.39, 0.29) is 0 Å². The van der Waals surface area contributed by atoms with E-state index in [1.807, 2.05) is 53.5 Å². The maximum absolute atomic E-state index is 6.43. The predicted molar refractivity (Wildman–Crippen MR) is 167 cm³/mol. The van der Waals surface area contributed by atoms with Crippen LogP contribution >= 0.6 is 0 Å². The molecule has 0 saturated heterocycles. The molecule has 0 amide bonds. The second kappa shape index (κ2) is 9.79. The molecule has 0 aliphatic rings. The number of nitrogens with zero attached hydrogens (tertiary/aromatic N) is 4. The van der Waals surface area contributed by atoms with Gasteiger partial charge in [0.1, 0.15) is 17.3 Å². The summed E-state index contributed by atoms with van der Waals surface area (Å²) in [7, 11) is 0. The van der Waals surface area contributed by atoms with Crippen molar-refractivity contribution in [2.75, 3.05) is 0 Å². The number of hydrogen-bond acceptors (Lipinski definition) is 3. The molecule has 0 unspecified atom stereocenters. The quantitative estimate of drug-likeness (QED) is 0.221. The maximum Gasteiger partial charge on any atom is 0.137 e. The van der Waals surface area contributed by atoms with Crippen molar-refractivity contribution in [3.8, 4) is 34.1 Å². The summed E-state index contributed by atoms with van der Waals surface area (Å²) in [4.78, 5) is 4.69. The molecule has 3 heterocycles. The first-order valence-electron chi connectivity index (χ1n) is 13.8. The van der Waals surface area contributed by atoms with Crippen LogP contribution in [0.2, 0.25) is 0 Å². The molecule has 0 fully saturated rings. The first-order chi connectivity index (χ1) is 19.9. The van der Waals surface area contributed by atoms with Crippen LogP contribution in [0.25, 0.3) is 44.4 Å². The summed E-state index contributed by atoms with van der Waals surface area (Å²) in [5.74, 6) is 2.40. The third kappa shape index (κ3) is 4.45. The lowest BCUT2D eigenvalue weighted by molar-refractivity contribution is 0.483. The topological polar surface area (TPSA) is 44.9 Å². The number of fused-ring (bicyclic) bond motifs is 3. The number of aromatic nitrogens is 4. The smallest absolute Gasteiger partial charge is 0.137 e. The first-order valence-corrected chi connectivity index (χ1v) is 13.8. The highest BCUT2D eigenvalue weighted by Gasteiger charge is 2.15. The molecule has 41 heavy (non-hydrogen) atoms. The Labute approximate surface area is 239 Å². The third-order valence-corrected chi connectivity index (χ3v) is 7.64. The summed E-state index contributed by atoms with van der Waals surface area (Å²) in [5, 5.41) is 7.03. The van der Waals surface area contributed by atoms with Crippen molar-refractivity contribution in [2.24, 2.45) is 0 Å². The second-order valence-electron chi connectivity index (χ2n) is 10.8. The van der Waals surface area contributed by atoms with Gasteiger partial charge in [0.2, 0.25) is 0 Å². The zero-order chi connectivity index (χ0) is 28.1. The Kier molecular flexibility index (Phi) is 5.93. The average Bonchev–Trinajstić information content (AvgIpc) is 3.56. The fourth-order valence-electron chi connectivity index (χ4n) is 5.96.